The summed E-state index contributed by atoms with van der Waals surface area (Å²) in [6.07, 6.45) is 1.40. The van der Waals surface area contributed by atoms with E-state index in [0.29, 0.717) is 18.4 Å². The minimum atomic E-state index is -3.18. The third-order valence-corrected chi connectivity index (χ3v) is 12.1. The lowest BCUT2D eigenvalue weighted by Gasteiger charge is -2.41. The zero-order valence-electron chi connectivity index (χ0n) is 22.4. The molecule has 0 bridgehead atoms. The molecule has 1 amide bonds. The Bertz CT molecular complexity index is 1330. The maximum absolute atomic E-state index is 12.9. The van der Waals surface area contributed by atoms with Gasteiger partial charge < -0.3 is 15.2 Å². The monoisotopic (exact) mass is 537 g/mol. The van der Waals surface area contributed by atoms with Crippen LogP contribution in [-0.2, 0) is 4.79 Å². The number of carbonyl (C=O) groups is 2. The van der Waals surface area contributed by atoms with Crippen molar-refractivity contribution in [2.24, 2.45) is 0 Å². The molecule has 39 heavy (non-hydrogen) atoms. The van der Waals surface area contributed by atoms with Crippen LogP contribution in [0.1, 0.15) is 43.5 Å². The van der Waals surface area contributed by atoms with Gasteiger partial charge in [-0.05, 0) is 51.5 Å². The van der Waals surface area contributed by atoms with Gasteiger partial charge in [0.1, 0.15) is 6.04 Å². The Morgan fingerprint density at radius 3 is 1.69 bits per heavy atom. The van der Waals surface area contributed by atoms with E-state index < -0.39 is 31.3 Å². The van der Waals surface area contributed by atoms with Gasteiger partial charge in [-0.3, -0.25) is 4.79 Å². The van der Waals surface area contributed by atoms with E-state index in [2.05, 4.69) is 19.2 Å². The van der Waals surface area contributed by atoms with Crippen LogP contribution in [0.3, 0.4) is 0 Å². The first-order chi connectivity index (χ1) is 18.7. The number of rotatable bonds is 11. The number of carboxylic acid groups (broad SMARTS) is 1. The summed E-state index contributed by atoms with van der Waals surface area (Å²) in [5, 5.41) is 13.9. The Morgan fingerprint density at radius 1 is 0.744 bits per heavy atom. The summed E-state index contributed by atoms with van der Waals surface area (Å²) in [4.78, 5) is 37.2. The maximum Gasteiger partial charge on any atom is 0.326 e. The molecule has 0 aliphatic heterocycles. The fourth-order valence-corrected chi connectivity index (χ4v) is 8.96. The van der Waals surface area contributed by atoms with Crippen molar-refractivity contribution in [3.8, 4) is 11.1 Å². The highest BCUT2D eigenvalue weighted by atomic mass is 28.4. The molecule has 0 saturated heterocycles. The smallest absolute Gasteiger partial charge is 0.326 e. The van der Waals surface area contributed by atoms with E-state index in [1.165, 1.54) is 0 Å². The van der Waals surface area contributed by atoms with Gasteiger partial charge in [-0.1, -0.05) is 123 Å². The van der Waals surface area contributed by atoms with Crippen LogP contribution < -0.4 is 15.7 Å². The fourth-order valence-electron chi connectivity index (χ4n) is 5.18. The van der Waals surface area contributed by atoms with Crippen molar-refractivity contribution in [3.63, 3.8) is 0 Å². The summed E-state index contributed by atoms with van der Waals surface area (Å²) in [7, 11) is -3.18. The average molecular weight is 538 g/mol. The molecule has 4 aromatic rings. The molecule has 0 aromatic heterocycles. The van der Waals surface area contributed by atoms with E-state index in [-0.39, 0.29) is 6.42 Å². The summed E-state index contributed by atoms with van der Waals surface area (Å²) in [6, 6.07) is 35.5. The number of nitrogens with one attached hydrogen (secondary N) is 1. The van der Waals surface area contributed by atoms with Gasteiger partial charge >= 0.3 is 5.97 Å². The molecule has 5 nitrogen and oxygen atoms in total. The van der Waals surface area contributed by atoms with Crippen molar-refractivity contribution < 1.29 is 19.5 Å². The summed E-state index contributed by atoms with van der Waals surface area (Å²) in [5.41, 5.74) is 2.44. The lowest BCUT2D eigenvalue weighted by atomic mass is 10.0. The van der Waals surface area contributed by atoms with Crippen LogP contribution in [0.4, 0.5) is 0 Å². The highest BCUT2D eigenvalue weighted by molar-refractivity contribution is 6.98. The van der Waals surface area contributed by atoms with Gasteiger partial charge in [0.25, 0.3) is 14.2 Å². The fraction of sp³-hybridized carbons (Fsp3) is 0.212. The molecular weight excluding hydrogens is 502 g/mol. The van der Waals surface area contributed by atoms with Crippen molar-refractivity contribution in [1.29, 1.82) is 0 Å². The van der Waals surface area contributed by atoms with Crippen LogP contribution >= 0.6 is 0 Å². The Labute approximate surface area is 231 Å². The highest BCUT2D eigenvalue weighted by Gasteiger charge is 2.49. The number of carboxylic acids is 1. The minimum absolute atomic E-state index is 0.265. The first kappa shape index (κ1) is 28.0. The molecule has 200 valence electrons. The molecule has 0 radical (unpaired) electrons. The van der Waals surface area contributed by atoms with Crippen LogP contribution in [0.25, 0.3) is 11.1 Å². The second-order valence-corrected chi connectivity index (χ2v) is 14.5. The van der Waals surface area contributed by atoms with Crippen LogP contribution in [0.15, 0.2) is 115 Å². The molecule has 0 aliphatic carbocycles. The second-order valence-electron chi connectivity index (χ2n) is 10.5. The molecule has 0 unspecified atom stereocenters. The van der Waals surface area contributed by atoms with Crippen molar-refractivity contribution in [2.45, 2.75) is 44.2 Å². The molecular formula is C33H35NO4Si. The summed E-state index contributed by atoms with van der Waals surface area (Å²) in [5.74, 6) is -1.48. The largest absolute Gasteiger partial charge is 0.480 e. The minimum Gasteiger partial charge on any atom is -0.480 e. The lowest BCUT2D eigenvalue weighted by Crippen LogP contribution is -2.65. The van der Waals surface area contributed by atoms with E-state index in [1.807, 2.05) is 103 Å². The Morgan fingerprint density at radius 2 is 1.21 bits per heavy atom. The second kappa shape index (κ2) is 12.2. The SMILES string of the molecule is CC(C)(CCC[C@H](NC(=O)c1ccc(-c2ccccc2)cc1)C(=O)O)[Si](O)(c1ccccc1)c1ccccc1. The normalized spacial score (nSPS) is 12.5. The number of benzene rings is 4. The highest BCUT2D eigenvalue weighted by Crippen LogP contribution is 2.40. The molecule has 6 heteroatoms. The van der Waals surface area contributed by atoms with E-state index in [1.54, 1.807) is 12.1 Å². The predicted molar refractivity (Wildman–Crippen MR) is 159 cm³/mol. The number of amides is 1. The number of aliphatic carboxylic acids is 1. The molecule has 1 atom stereocenters. The van der Waals surface area contributed by atoms with Crippen LogP contribution in [0.2, 0.25) is 5.04 Å². The maximum atomic E-state index is 12.9. The van der Waals surface area contributed by atoms with E-state index in [9.17, 15) is 19.5 Å². The Kier molecular flexibility index (Phi) is 8.79. The zero-order chi connectivity index (χ0) is 27.9. The quantitative estimate of drug-likeness (QED) is 0.229. The van der Waals surface area contributed by atoms with Gasteiger partial charge in [0, 0.05) is 5.56 Å². The molecule has 4 rings (SSSR count). The zero-order valence-corrected chi connectivity index (χ0v) is 23.4. The van der Waals surface area contributed by atoms with Gasteiger partial charge in [0.05, 0.1) is 0 Å². The number of hydrogen-bond acceptors (Lipinski definition) is 3. The van der Waals surface area contributed by atoms with E-state index in [0.717, 1.165) is 21.5 Å². The van der Waals surface area contributed by atoms with Crippen molar-refractivity contribution in [2.75, 3.05) is 0 Å². The van der Waals surface area contributed by atoms with Gasteiger partial charge in [-0.25, -0.2) is 4.79 Å². The molecule has 0 saturated carbocycles. The van der Waals surface area contributed by atoms with Crippen molar-refractivity contribution >= 4 is 30.6 Å². The number of carbonyl (C=O) groups excluding carboxylic acids is 1. The Hall–Kier alpha value is -4.00. The third-order valence-electron chi connectivity index (χ3n) is 7.51. The first-order valence-corrected chi connectivity index (χ1v) is 15.2. The predicted octanol–water partition coefficient (Wildman–Crippen LogP) is 5.24. The van der Waals surface area contributed by atoms with E-state index >= 15 is 0 Å². The van der Waals surface area contributed by atoms with Gasteiger partial charge in [-0.2, -0.15) is 0 Å². The van der Waals surface area contributed by atoms with Crippen LogP contribution in [0.5, 0.6) is 0 Å². The summed E-state index contributed by atoms with van der Waals surface area (Å²) >= 11 is 0. The van der Waals surface area contributed by atoms with Gasteiger partial charge in [-0.15, -0.1) is 0 Å². The number of hydrogen-bond donors (Lipinski definition) is 3. The first-order valence-electron chi connectivity index (χ1n) is 13.2. The van der Waals surface area contributed by atoms with Gasteiger partial charge in [0.2, 0.25) is 0 Å². The third kappa shape index (κ3) is 6.36. The van der Waals surface area contributed by atoms with Crippen LogP contribution in [0, 0.1) is 0 Å². The molecule has 0 spiro atoms. The standard InChI is InChI=1S/C33H35NO4Si/c1-33(2,39(38,28-15-8-4-9-16-28)29-17-10-5-11-18-29)24-12-19-30(32(36)37)34-31(35)27-22-20-26(21-23-27)25-13-6-3-7-14-25/h3-11,13-18,20-23,30,38H,12,19,24H2,1-2H3,(H,34,35)(H,36,37)/t30-/m0/s1. The van der Waals surface area contributed by atoms with Crippen molar-refractivity contribution in [3.05, 3.63) is 121 Å². The molecule has 0 aliphatic rings. The summed E-state index contributed by atoms with van der Waals surface area (Å²) in [6.45, 7) is 4.11. The summed E-state index contributed by atoms with van der Waals surface area (Å²) < 4.78 is 0. The van der Waals surface area contributed by atoms with Crippen molar-refractivity contribution in [1.82, 2.24) is 5.32 Å². The average Bonchev–Trinajstić information content (AvgIpc) is 2.97. The van der Waals surface area contributed by atoms with Gasteiger partial charge in [0.15, 0.2) is 0 Å². The molecule has 0 fully saturated rings. The molecule has 3 N–H and O–H groups in total. The topological polar surface area (TPSA) is 86.6 Å². The Balaban J connectivity index is 1.44. The van der Waals surface area contributed by atoms with Crippen LogP contribution in [-0.4, -0.2) is 36.1 Å². The molecule has 0 heterocycles. The van der Waals surface area contributed by atoms with E-state index in [4.69, 9.17) is 0 Å². The lowest BCUT2D eigenvalue weighted by molar-refractivity contribution is -0.139. The molecule has 4 aromatic carbocycles.